The summed E-state index contributed by atoms with van der Waals surface area (Å²) in [6.45, 7) is 12.0. The molecule has 2 aliphatic heterocycles. The summed E-state index contributed by atoms with van der Waals surface area (Å²) in [6, 6.07) is 8.73. The van der Waals surface area contributed by atoms with Crippen molar-refractivity contribution in [2.24, 2.45) is 4.99 Å². The van der Waals surface area contributed by atoms with Gasteiger partial charge in [0, 0.05) is 52.2 Å². The van der Waals surface area contributed by atoms with E-state index in [-0.39, 0.29) is 0 Å². The molecule has 2 aliphatic rings. The molecule has 0 radical (unpaired) electrons. The summed E-state index contributed by atoms with van der Waals surface area (Å²) < 4.78 is 5.65. The third kappa shape index (κ3) is 8.43. The first-order valence-electron chi connectivity index (χ1n) is 12.4. The van der Waals surface area contributed by atoms with Crippen molar-refractivity contribution in [3.05, 3.63) is 35.4 Å². The van der Waals surface area contributed by atoms with Gasteiger partial charge in [0.2, 0.25) is 5.91 Å². The smallest absolute Gasteiger partial charge is 0.222 e. The second-order valence-corrected chi connectivity index (χ2v) is 8.90. The molecule has 0 bridgehead atoms. The molecule has 178 valence electrons. The lowest BCUT2D eigenvalue weighted by Gasteiger charge is -2.31. The summed E-state index contributed by atoms with van der Waals surface area (Å²) in [5.41, 5.74) is 2.54. The van der Waals surface area contributed by atoms with Crippen LogP contribution in [0.3, 0.4) is 0 Å². The minimum absolute atomic E-state index is 0.308. The van der Waals surface area contributed by atoms with Crippen molar-refractivity contribution in [1.82, 2.24) is 20.4 Å². The molecule has 1 aromatic carbocycles. The second kappa shape index (κ2) is 13.4. The van der Waals surface area contributed by atoms with Crippen molar-refractivity contribution >= 4 is 11.9 Å². The molecule has 1 atom stereocenters. The van der Waals surface area contributed by atoms with Gasteiger partial charge in [-0.3, -0.25) is 9.69 Å². The number of carbonyl (C=O) groups excluding carboxylic acids is 1. The van der Waals surface area contributed by atoms with E-state index < -0.39 is 0 Å². The molecule has 2 fully saturated rings. The molecule has 7 nitrogen and oxygen atoms in total. The Morgan fingerprint density at radius 3 is 2.91 bits per heavy atom. The number of morpholine rings is 1. The summed E-state index contributed by atoms with van der Waals surface area (Å²) >= 11 is 0. The van der Waals surface area contributed by atoms with Crippen molar-refractivity contribution in [3.8, 4) is 0 Å². The van der Waals surface area contributed by atoms with Crippen LogP contribution in [0, 0.1) is 0 Å². The predicted molar refractivity (Wildman–Crippen MR) is 130 cm³/mol. The van der Waals surface area contributed by atoms with E-state index in [9.17, 15) is 4.79 Å². The standard InChI is InChI=1S/C25H41N5O2/c1-3-26-25(27-12-8-14-30-13-6-4-5-11-24(30)31)28-18-22-9-7-10-23(17-22)20-29-15-16-32-21(2)19-29/h7,9-10,17,21H,3-6,8,11-16,18-20H2,1-2H3,(H2,26,27,28). The molecule has 7 heteroatoms. The van der Waals surface area contributed by atoms with E-state index in [1.807, 2.05) is 4.90 Å². The Labute approximate surface area is 193 Å². The summed E-state index contributed by atoms with van der Waals surface area (Å²) in [4.78, 5) is 21.4. The topological polar surface area (TPSA) is 69.2 Å². The number of nitrogens with zero attached hydrogens (tertiary/aromatic N) is 3. The molecular weight excluding hydrogens is 402 g/mol. The molecule has 0 aromatic heterocycles. The Kier molecular flexibility index (Phi) is 10.3. The predicted octanol–water partition coefficient (Wildman–Crippen LogP) is 2.76. The lowest BCUT2D eigenvalue weighted by Crippen LogP contribution is -2.40. The normalized spacial score (nSPS) is 20.8. The van der Waals surface area contributed by atoms with Gasteiger partial charge in [-0.2, -0.15) is 0 Å². The Hall–Kier alpha value is -2.12. The molecule has 3 rings (SSSR count). The number of likely N-dealkylation sites (tertiary alicyclic amines) is 1. The number of ether oxygens (including phenoxy) is 1. The van der Waals surface area contributed by atoms with Gasteiger partial charge in [0.25, 0.3) is 0 Å². The maximum Gasteiger partial charge on any atom is 0.222 e. The Bertz CT molecular complexity index is 739. The SMILES string of the molecule is CCNC(=NCc1cccc(CN2CCOC(C)C2)c1)NCCCN1CCCCCC1=O. The zero-order valence-electron chi connectivity index (χ0n) is 19.9. The number of amides is 1. The molecule has 0 saturated carbocycles. The average Bonchev–Trinajstić information content (AvgIpc) is 2.99. The lowest BCUT2D eigenvalue weighted by molar-refractivity contribution is -0.130. The zero-order valence-corrected chi connectivity index (χ0v) is 19.9. The van der Waals surface area contributed by atoms with Gasteiger partial charge in [0.15, 0.2) is 5.96 Å². The molecule has 1 amide bonds. The molecule has 0 spiro atoms. The van der Waals surface area contributed by atoms with Crippen LogP contribution in [-0.4, -0.2) is 73.6 Å². The number of guanidine groups is 1. The van der Waals surface area contributed by atoms with E-state index in [4.69, 9.17) is 9.73 Å². The highest BCUT2D eigenvalue weighted by Crippen LogP contribution is 2.13. The van der Waals surface area contributed by atoms with Gasteiger partial charge in [-0.05, 0) is 44.2 Å². The monoisotopic (exact) mass is 443 g/mol. The maximum atomic E-state index is 12.1. The van der Waals surface area contributed by atoms with Crippen LogP contribution in [0.2, 0.25) is 0 Å². The molecule has 32 heavy (non-hydrogen) atoms. The van der Waals surface area contributed by atoms with E-state index in [1.165, 1.54) is 17.5 Å². The number of rotatable bonds is 9. The molecule has 2 saturated heterocycles. The van der Waals surface area contributed by atoms with Crippen LogP contribution < -0.4 is 10.6 Å². The zero-order chi connectivity index (χ0) is 22.6. The van der Waals surface area contributed by atoms with Crippen LogP contribution in [0.15, 0.2) is 29.3 Å². The number of nitrogens with one attached hydrogen (secondary N) is 2. The van der Waals surface area contributed by atoms with Crippen molar-refractivity contribution in [1.29, 1.82) is 0 Å². The first-order valence-corrected chi connectivity index (χ1v) is 12.4. The van der Waals surface area contributed by atoms with Crippen molar-refractivity contribution in [2.45, 2.75) is 65.1 Å². The number of benzene rings is 1. The molecule has 2 heterocycles. The van der Waals surface area contributed by atoms with E-state index in [1.54, 1.807) is 0 Å². The lowest BCUT2D eigenvalue weighted by atomic mass is 10.1. The van der Waals surface area contributed by atoms with E-state index in [0.717, 1.165) is 77.6 Å². The van der Waals surface area contributed by atoms with Crippen LogP contribution in [0.1, 0.15) is 57.1 Å². The highest BCUT2D eigenvalue weighted by Gasteiger charge is 2.17. The van der Waals surface area contributed by atoms with Crippen LogP contribution in [-0.2, 0) is 22.6 Å². The van der Waals surface area contributed by atoms with Gasteiger partial charge >= 0.3 is 0 Å². The van der Waals surface area contributed by atoms with Crippen LogP contribution in [0.5, 0.6) is 0 Å². The average molecular weight is 444 g/mol. The van der Waals surface area contributed by atoms with E-state index >= 15 is 0 Å². The quantitative estimate of drug-likeness (QED) is 0.349. The first kappa shape index (κ1) is 24.5. The summed E-state index contributed by atoms with van der Waals surface area (Å²) in [5.74, 6) is 1.15. The van der Waals surface area contributed by atoms with Crippen LogP contribution in [0.4, 0.5) is 0 Å². The highest BCUT2D eigenvalue weighted by molar-refractivity contribution is 5.79. The molecule has 1 unspecified atom stereocenters. The fraction of sp³-hybridized carbons (Fsp3) is 0.680. The van der Waals surface area contributed by atoms with Crippen molar-refractivity contribution in [3.63, 3.8) is 0 Å². The van der Waals surface area contributed by atoms with Crippen LogP contribution >= 0.6 is 0 Å². The summed E-state index contributed by atoms with van der Waals surface area (Å²) in [7, 11) is 0. The molecular formula is C25H41N5O2. The first-order chi connectivity index (χ1) is 15.6. The van der Waals surface area contributed by atoms with E-state index in [2.05, 4.69) is 53.6 Å². The van der Waals surface area contributed by atoms with Gasteiger partial charge in [-0.15, -0.1) is 0 Å². The maximum absolute atomic E-state index is 12.1. The Balaban J connectivity index is 1.46. The van der Waals surface area contributed by atoms with Crippen molar-refractivity contribution in [2.75, 3.05) is 45.9 Å². The molecule has 1 aromatic rings. The van der Waals surface area contributed by atoms with E-state index in [0.29, 0.717) is 25.0 Å². The third-order valence-corrected chi connectivity index (χ3v) is 6.06. The second-order valence-electron chi connectivity index (χ2n) is 8.90. The van der Waals surface area contributed by atoms with Crippen LogP contribution in [0.25, 0.3) is 0 Å². The fourth-order valence-electron chi connectivity index (χ4n) is 4.38. The Morgan fingerprint density at radius 1 is 1.19 bits per heavy atom. The third-order valence-electron chi connectivity index (χ3n) is 6.06. The van der Waals surface area contributed by atoms with Gasteiger partial charge in [-0.25, -0.2) is 4.99 Å². The minimum atomic E-state index is 0.308. The number of aliphatic imine (C=N–C) groups is 1. The fourth-order valence-corrected chi connectivity index (χ4v) is 4.38. The Morgan fingerprint density at radius 2 is 2.06 bits per heavy atom. The van der Waals surface area contributed by atoms with Gasteiger partial charge in [0.1, 0.15) is 0 Å². The van der Waals surface area contributed by atoms with Crippen molar-refractivity contribution < 1.29 is 9.53 Å². The summed E-state index contributed by atoms with van der Waals surface area (Å²) in [5, 5.41) is 6.76. The number of hydrogen-bond acceptors (Lipinski definition) is 4. The largest absolute Gasteiger partial charge is 0.376 e. The van der Waals surface area contributed by atoms with Gasteiger partial charge in [0.05, 0.1) is 19.3 Å². The number of carbonyl (C=O) groups is 1. The number of hydrogen-bond donors (Lipinski definition) is 2. The summed E-state index contributed by atoms with van der Waals surface area (Å²) in [6.07, 6.45) is 5.29. The highest BCUT2D eigenvalue weighted by atomic mass is 16.5. The van der Waals surface area contributed by atoms with Gasteiger partial charge < -0.3 is 20.3 Å². The van der Waals surface area contributed by atoms with Gasteiger partial charge in [-0.1, -0.05) is 30.7 Å². The molecule has 0 aliphatic carbocycles. The minimum Gasteiger partial charge on any atom is -0.376 e. The molecule has 2 N–H and O–H groups in total.